The number of piperazine rings is 1. The van der Waals surface area contributed by atoms with Crippen molar-refractivity contribution in [3.05, 3.63) is 36.2 Å². The van der Waals surface area contributed by atoms with Gasteiger partial charge < -0.3 is 19.9 Å². The predicted octanol–water partition coefficient (Wildman–Crippen LogP) is 1.89. The minimum absolute atomic E-state index is 0.0497. The lowest BCUT2D eigenvalue weighted by Crippen LogP contribution is -2.48. The van der Waals surface area contributed by atoms with Gasteiger partial charge in [-0.05, 0) is 24.3 Å². The van der Waals surface area contributed by atoms with Gasteiger partial charge in [0.15, 0.2) is 0 Å². The molecule has 2 heterocycles. The molecular formula is C20H24BrFN4O4. The number of hydrogen-bond acceptors (Lipinski definition) is 5. The molecule has 2 aliphatic rings. The highest BCUT2D eigenvalue weighted by Gasteiger charge is 2.33. The van der Waals surface area contributed by atoms with Crippen molar-refractivity contribution in [2.45, 2.75) is 13.0 Å². The SMILES string of the molecule is CC(=O)NC[C@H]1CN(c2ccc(N3CCN(C(=O)C=CCBr)CC3)c(F)c2)C(=O)O1. The summed E-state index contributed by atoms with van der Waals surface area (Å²) in [6.07, 6.45) is 2.24. The van der Waals surface area contributed by atoms with Gasteiger partial charge in [0.25, 0.3) is 0 Å². The first kappa shape index (κ1) is 22.1. The zero-order chi connectivity index (χ0) is 21.7. The fourth-order valence-electron chi connectivity index (χ4n) is 3.43. The lowest BCUT2D eigenvalue weighted by molar-refractivity contribution is -0.126. The van der Waals surface area contributed by atoms with E-state index >= 15 is 0 Å². The van der Waals surface area contributed by atoms with E-state index in [0.29, 0.717) is 42.9 Å². The van der Waals surface area contributed by atoms with Crippen LogP contribution in [0.1, 0.15) is 6.92 Å². The second kappa shape index (κ2) is 9.92. The summed E-state index contributed by atoms with van der Waals surface area (Å²) in [5.74, 6) is -0.698. The number of carbonyl (C=O) groups is 3. The zero-order valence-corrected chi connectivity index (χ0v) is 18.2. The molecule has 30 heavy (non-hydrogen) atoms. The quantitative estimate of drug-likeness (QED) is 0.494. The molecular weight excluding hydrogens is 459 g/mol. The Morgan fingerprint density at radius 1 is 1.30 bits per heavy atom. The summed E-state index contributed by atoms with van der Waals surface area (Å²) < 4.78 is 20.0. The largest absolute Gasteiger partial charge is 0.442 e. The molecule has 0 aliphatic carbocycles. The summed E-state index contributed by atoms with van der Waals surface area (Å²) in [5, 5.41) is 3.23. The number of carbonyl (C=O) groups excluding carboxylic acids is 3. The lowest BCUT2D eigenvalue weighted by Gasteiger charge is -2.36. The number of alkyl halides is 1. The highest BCUT2D eigenvalue weighted by atomic mass is 79.9. The van der Waals surface area contributed by atoms with E-state index < -0.39 is 18.0 Å². The number of benzene rings is 1. The first-order valence-electron chi connectivity index (χ1n) is 9.67. The number of anilines is 2. The Hall–Kier alpha value is -2.62. The van der Waals surface area contributed by atoms with Gasteiger partial charge in [-0.2, -0.15) is 0 Å². The van der Waals surface area contributed by atoms with Gasteiger partial charge in [-0.25, -0.2) is 9.18 Å². The van der Waals surface area contributed by atoms with Crippen molar-refractivity contribution in [3.8, 4) is 0 Å². The Balaban J connectivity index is 1.61. The Bertz CT molecular complexity index is 842. The van der Waals surface area contributed by atoms with Crippen LogP contribution in [0, 0.1) is 5.82 Å². The number of rotatable bonds is 6. The zero-order valence-electron chi connectivity index (χ0n) is 16.6. The van der Waals surface area contributed by atoms with Crippen LogP contribution in [0.25, 0.3) is 0 Å². The van der Waals surface area contributed by atoms with Crippen molar-refractivity contribution in [1.82, 2.24) is 10.2 Å². The third-order valence-electron chi connectivity index (χ3n) is 4.98. The Labute approximate surface area is 182 Å². The molecule has 1 atom stereocenters. The van der Waals surface area contributed by atoms with Gasteiger partial charge in [0, 0.05) is 38.4 Å². The number of amides is 3. The molecule has 2 saturated heterocycles. The topological polar surface area (TPSA) is 82.2 Å². The highest BCUT2D eigenvalue weighted by Crippen LogP contribution is 2.28. The van der Waals surface area contributed by atoms with E-state index in [-0.39, 0.29) is 24.9 Å². The summed E-state index contributed by atoms with van der Waals surface area (Å²) in [6, 6.07) is 4.63. The summed E-state index contributed by atoms with van der Waals surface area (Å²) in [5.41, 5.74) is 0.838. The van der Waals surface area contributed by atoms with Crippen LogP contribution < -0.4 is 15.1 Å². The Kier molecular flexibility index (Phi) is 7.30. The number of allylic oxidation sites excluding steroid dienone is 1. The molecule has 8 nitrogen and oxygen atoms in total. The highest BCUT2D eigenvalue weighted by molar-refractivity contribution is 9.09. The van der Waals surface area contributed by atoms with Crippen LogP contribution in [-0.2, 0) is 14.3 Å². The minimum atomic E-state index is -0.568. The van der Waals surface area contributed by atoms with E-state index in [4.69, 9.17) is 4.74 Å². The number of nitrogens with one attached hydrogen (secondary N) is 1. The third kappa shape index (κ3) is 5.29. The second-order valence-corrected chi connectivity index (χ2v) is 7.71. The fraction of sp³-hybridized carbons (Fsp3) is 0.450. The standard InChI is InChI=1S/C20H24BrFN4O4/c1-14(27)23-12-16-13-26(20(29)30-16)15-4-5-18(17(22)11-15)24-7-9-25(10-8-24)19(28)3-2-6-21/h2-5,11,16H,6-10,12-13H2,1H3,(H,23,27)/t16-/m0/s1. The molecule has 0 aromatic heterocycles. The monoisotopic (exact) mass is 482 g/mol. The van der Waals surface area contributed by atoms with Crippen LogP contribution in [0.3, 0.4) is 0 Å². The molecule has 10 heteroatoms. The van der Waals surface area contributed by atoms with Crippen molar-refractivity contribution < 1.29 is 23.5 Å². The van der Waals surface area contributed by atoms with Gasteiger partial charge in [0.05, 0.1) is 24.5 Å². The van der Waals surface area contributed by atoms with Gasteiger partial charge in [-0.3, -0.25) is 14.5 Å². The molecule has 0 radical (unpaired) electrons. The van der Waals surface area contributed by atoms with E-state index in [2.05, 4.69) is 21.2 Å². The smallest absolute Gasteiger partial charge is 0.414 e. The van der Waals surface area contributed by atoms with Crippen molar-refractivity contribution in [2.75, 3.05) is 54.4 Å². The normalized spacial score (nSPS) is 19.4. The van der Waals surface area contributed by atoms with E-state index in [0.717, 1.165) is 0 Å². The summed E-state index contributed by atoms with van der Waals surface area (Å²) in [4.78, 5) is 40.2. The summed E-state index contributed by atoms with van der Waals surface area (Å²) in [7, 11) is 0. The molecule has 0 bridgehead atoms. The average Bonchev–Trinajstić information content (AvgIpc) is 3.11. The minimum Gasteiger partial charge on any atom is -0.442 e. The molecule has 1 aromatic rings. The van der Waals surface area contributed by atoms with Crippen LogP contribution in [0.2, 0.25) is 0 Å². The molecule has 0 spiro atoms. The van der Waals surface area contributed by atoms with Crippen molar-refractivity contribution in [3.63, 3.8) is 0 Å². The first-order valence-corrected chi connectivity index (χ1v) is 10.8. The molecule has 1 N–H and O–H groups in total. The van der Waals surface area contributed by atoms with E-state index in [1.807, 2.05) is 4.90 Å². The molecule has 162 valence electrons. The van der Waals surface area contributed by atoms with Crippen molar-refractivity contribution in [2.24, 2.45) is 0 Å². The maximum atomic E-state index is 14.8. The van der Waals surface area contributed by atoms with Gasteiger partial charge in [0.2, 0.25) is 11.8 Å². The van der Waals surface area contributed by atoms with Crippen LogP contribution >= 0.6 is 15.9 Å². The van der Waals surface area contributed by atoms with Crippen LogP contribution in [0.15, 0.2) is 30.4 Å². The molecule has 3 rings (SSSR count). The van der Waals surface area contributed by atoms with Crippen LogP contribution in [0.5, 0.6) is 0 Å². The van der Waals surface area contributed by atoms with Gasteiger partial charge >= 0.3 is 6.09 Å². The molecule has 0 saturated carbocycles. The third-order valence-corrected chi connectivity index (χ3v) is 5.35. The summed E-state index contributed by atoms with van der Waals surface area (Å²) >= 11 is 3.24. The number of nitrogens with zero attached hydrogens (tertiary/aromatic N) is 3. The fourth-order valence-corrected chi connectivity index (χ4v) is 3.62. The molecule has 1 aromatic carbocycles. The second-order valence-electron chi connectivity index (χ2n) is 7.06. The Morgan fingerprint density at radius 3 is 2.67 bits per heavy atom. The van der Waals surface area contributed by atoms with E-state index in [1.165, 1.54) is 24.0 Å². The molecule has 2 aliphatic heterocycles. The maximum absolute atomic E-state index is 14.8. The summed E-state index contributed by atoms with van der Waals surface area (Å²) in [6.45, 7) is 3.90. The van der Waals surface area contributed by atoms with Gasteiger partial charge in [-0.15, -0.1) is 0 Å². The number of halogens is 2. The predicted molar refractivity (Wildman–Crippen MR) is 114 cm³/mol. The molecule has 0 unspecified atom stereocenters. The van der Waals surface area contributed by atoms with E-state index in [9.17, 15) is 18.8 Å². The first-order chi connectivity index (χ1) is 14.4. The number of hydrogen-bond donors (Lipinski definition) is 1. The Morgan fingerprint density at radius 2 is 2.03 bits per heavy atom. The van der Waals surface area contributed by atoms with Gasteiger partial charge in [-0.1, -0.05) is 22.0 Å². The van der Waals surface area contributed by atoms with Crippen LogP contribution in [0.4, 0.5) is 20.6 Å². The molecule has 3 amide bonds. The van der Waals surface area contributed by atoms with Crippen molar-refractivity contribution in [1.29, 1.82) is 0 Å². The number of ether oxygens (including phenoxy) is 1. The van der Waals surface area contributed by atoms with Crippen molar-refractivity contribution >= 4 is 45.2 Å². The number of cyclic esters (lactones) is 1. The van der Waals surface area contributed by atoms with Gasteiger partial charge in [0.1, 0.15) is 11.9 Å². The van der Waals surface area contributed by atoms with E-state index in [1.54, 1.807) is 23.1 Å². The molecule has 2 fully saturated rings. The lowest BCUT2D eigenvalue weighted by atomic mass is 10.2. The maximum Gasteiger partial charge on any atom is 0.414 e. The van der Waals surface area contributed by atoms with Crippen LogP contribution in [-0.4, -0.2) is 73.5 Å². The average molecular weight is 483 g/mol.